The number of rotatable bonds is 5. The van der Waals surface area contributed by atoms with E-state index < -0.39 is 0 Å². The molecule has 5 nitrogen and oxygen atoms in total. The van der Waals surface area contributed by atoms with E-state index in [1.807, 2.05) is 13.8 Å². The third-order valence-corrected chi connectivity index (χ3v) is 3.30. The summed E-state index contributed by atoms with van der Waals surface area (Å²) in [4.78, 5) is 16.4. The highest BCUT2D eigenvalue weighted by atomic mass is 16.5. The fraction of sp³-hybridized carbons (Fsp3) is 0.600. The summed E-state index contributed by atoms with van der Waals surface area (Å²) >= 11 is 0. The maximum Gasteiger partial charge on any atom is 0.273 e. The molecule has 20 heavy (non-hydrogen) atoms. The van der Waals surface area contributed by atoms with Gasteiger partial charge in [0.25, 0.3) is 5.91 Å². The molecule has 1 aliphatic rings. The largest absolute Gasteiger partial charge is 0.489 e. The van der Waals surface area contributed by atoms with Crippen molar-refractivity contribution in [2.24, 2.45) is 5.92 Å². The minimum absolute atomic E-state index is 0.0216. The summed E-state index contributed by atoms with van der Waals surface area (Å²) in [7, 11) is 0. The smallest absolute Gasteiger partial charge is 0.273 e. The van der Waals surface area contributed by atoms with Crippen LogP contribution in [0.25, 0.3) is 0 Å². The molecule has 5 heteroatoms. The topological polar surface area (TPSA) is 63.2 Å². The third-order valence-electron chi connectivity index (χ3n) is 3.30. The van der Waals surface area contributed by atoms with E-state index in [9.17, 15) is 4.79 Å². The lowest BCUT2D eigenvalue weighted by Crippen LogP contribution is -2.38. The van der Waals surface area contributed by atoms with Gasteiger partial charge < -0.3 is 15.4 Å². The van der Waals surface area contributed by atoms with E-state index in [4.69, 9.17) is 4.74 Å². The van der Waals surface area contributed by atoms with E-state index in [2.05, 4.69) is 15.6 Å². The molecule has 1 atom stereocenters. The number of ether oxygens (including phenoxy) is 1. The Morgan fingerprint density at radius 1 is 1.60 bits per heavy atom. The van der Waals surface area contributed by atoms with Crippen LogP contribution in [-0.2, 0) is 0 Å². The van der Waals surface area contributed by atoms with Crippen molar-refractivity contribution in [2.45, 2.75) is 32.8 Å². The Balaban J connectivity index is 1.94. The molecular formula is C15H23N3O2. The molecular weight excluding hydrogens is 254 g/mol. The first-order valence-corrected chi connectivity index (χ1v) is 7.27. The number of aromatic nitrogens is 1. The van der Waals surface area contributed by atoms with Crippen molar-refractivity contribution in [1.82, 2.24) is 15.6 Å². The number of pyridine rings is 1. The van der Waals surface area contributed by atoms with Crippen molar-refractivity contribution in [3.8, 4) is 5.75 Å². The lowest BCUT2D eigenvalue weighted by atomic mass is 10.00. The molecule has 1 aromatic heterocycles. The first-order chi connectivity index (χ1) is 9.66. The zero-order chi connectivity index (χ0) is 14.4. The second-order valence-electron chi connectivity index (χ2n) is 5.44. The third kappa shape index (κ3) is 4.20. The summed E-state index contributed by atoms with van der Waals surface area (Å²) in [6.45, 7) is 6.60. The van der Waals surface area contributed by atoms with E-state index in [0.717, 1.165) is 19.5 Å². The molecule has 1 aliphatic heterocycles. The molecule has 110 valence electrons. The average molecular weight is 277 g/mol. The lowest BCUT2D eigenvalue weighted by molar-refractivity contribution is 0.0933. The zero-order valence-corrected chi connectivity index (χ0v) is 12.2. The van der Waals surface area contributed by atoms with Crippen LogP contribution in [0.4, 0.5) is 0 Å². The van der Waals surface area contributed by atoms with Gasteiger partial charge in [0.2, 0.25) is 0 Å². The molecule has 2 rings (SSSR count). The Morgan fingerprint density at radius 3 is 3.15 bits per heavy atom. The molecule has 0 bridgehead atoms. The second kappa shape index (κ2) is 7.24. The maximum absolute atomic E-state index is 12.2. The van der Waals surface area contributed by atoms with Crippen LogP contribution < -0.4 is 15.4 Å². The molecule has 0 aliphatic carbocycles. The quantitative estimate of drug-likeness (QED) is 0.858. The molecule has 2 heterocycles. The summed E-state index contributed by atoms with van der Waals surface area (Å²) < 4.78 is 5.62. The molecule has 0 saturated carbocycles. The fourth-order valence-corrected chi connectivity index (χ4v) is 2.33. The Kier molecular flexibility index (Phi) is 5.35. The Labute approximate surface area is 120 Å². The molecule has 0 spiro atoms. The standard InChI is InChI=1S/C15H23N3O2/c1-11(2)20-13-6-4-8-17-14(13)15(19)18-10-12-5-3-7-16-9-12/h4,6,8,11-12,16H,3,5,7,9-10H2,1-2H3,(H,18,19). The second-order valence-corrected chi connectivity index (χ2v) is 5.44. The van der Waals surface area contributed by atoms with Gasteiger partial charge >= 0.3 is 0 Å². The van der Waals surface area contributed by atoms with E-state index in [-0.39, 0.29) is 12.0 Å². The highest BCUT2D eigenvalue weighted by Crippen LogP contribution is 2.17. The van der Waals surface area contributed by atoms with Gasteiger partial charge in [-0.1, -0.05) is 0 Å². The molecule has 0 aromatic carbocycles. The highest BCUT2D eigenvalue weighted by molar-refractivity contribution is 5.94. The van der Waals surface area contributed by atoms with Gasteiger partial charge in [-0.15, -0.1) is 0 Å². The minimum Gasteiger partial charge on any atom is -0.489 e. The summed E-state index contributed by atoms with van der Waals surface area (Å²) in [5, 5.41) is 6.31. The van der Waals surface area contributed by atoms with E-state index in [1.165, 1.54) is 6.42 Å². The van der Waals surface area contributed by atoms with Crippen LogP contribution >= 0.6 is 0 Å². The summed E-state index contributed by atoms with van der Waals surface area (Å²) in [6.07, 6.45) is 3.97. The van der Waals surface area contributed by atoms with Gasteiger partial charge in [0, 0.05) is 12.7 Å². The van der Waals surface area contributed by atoms with Crippen molar-refractivity contribution in [2.75, 3.05) is 19.6 Å². The molecule has 1 saturated heterocycles. The fourth-order valence-electron chi connectivity index (χ4n) is 2.33. The van der Waals surface area contributed by atoms with Gasteiger partial charge in [0.05, 0.1) is 6.10 Å². The van der Waals surface area contributed by atoms with Crippen molar-refractivity contribution >= 4 is 5.91 Å². The number of piperidine rings is 1. The van der Waals surface area contributed by atoms with Crippen LogP contribution in [0.15, 0.2) is 18.3 Å². The minimum atomic E-state index is -0.160. The average Bonchev–Trinajstić information content (AvgIpc) is 2.46. The molecule has 0 radical (unpaired) electrons. The van der Waals surface area contributed by atoms with Crippen molar-refractivity contribution in [3.05, 3.63) is 24.0 Å². The van der Waals surface area contributed by atoms with Crippen molar-refractivity contribution in [3.63, 3.8) is 0 Å². The Hall–Kier alpha value is -1.62. The lowest BCUT2D eigenvalue weighted by Gasteiger charge is -2.23. The van der Waals surface area contributed by atoms with Crippen LogP contribution in [-0.4, -0.2) is 36.6 Å². The number of nitrogens with one attached hydrogen (secondary N) is 2. The van der Waals surface area contributed by atoms with E-state index >= 15 is 0 Å². The Bertz CT molecular complexity index is 442. The van der Waals surface area contributed by atoms with Gasteiger partial charge in [0.1, 0.15) is 0 Å². The predicted molar refractivity (Wildman–Crippen MR) is 77.9 cm³/mol. The zero-order valence-electron chi connectivity index (χ0n) is 12.2. The van der Waals surface area contributed by atoms with Crippen LogP contribution in [0, 0.1) is 5.92 Å². The van der Waals surface area contributed by atoms with Crippen molar-refractivity contribution in [1.29, 1.82) is 0 Å². The van der Waals surface area contributed by atoms with Gasteiger partial charge in [-0.05, 0) is 57.8 Å². The van der Waals surface area contributed by atoms with Crippen LogP contribution in [0.3, 0.4) is 0 Å². The van der Waals surface area contributed by atoms with E-state index in [1.54, 1.807) is 18.3 Å². The summed E-state index contributed by atoms with van der Waals surface area (Å²) in [5.74, 6) is 0.888. The van der Waals surface area contributed by atoms with Crippen LogP contribution in [0.5, 0.6) is 5.75 Å². The predicted octanol–water partition coefficient (Wildman–Crippen LogP) is 1.60. The first-order valence-electron chi connectivity index (χ1n) is 7.27. The summed E-state index contributed by atoms with van der Waals surface area (Å²) in [6, 6.07) is 3.56. The number of carbonyl (C=O) groups excluding carboxylic acids is 1. The molecule has 1 fully saturated rings. The van der Waals surface area contributed by atoms with Gasteiger partial charge in [-0.3, -0.25) is 4.79 Å². The van der Waals surface area contributed by atoms with E-state index in [0.29, 0.717) is 23.9 Å². The van der Waals surface area contributed by atoms with Crippen molar-refractivity contribution < 1.29 is 9.53 Å². The molecule has 1 amide bonds. The van der Waals surface area contributed by atoms with Gasteiger partial charge in [0.15, 0.2) is 11.4 Å². The number of hydrogen-bond acceptors (Lipinski definition) is 4. The van der Waals surface area contributed by atoms with Crippen LogP contribution in [0.1, 0.15) is 37.2 Å². The monoisotopic (exact) mass is 277 g/mol. The first kappa shape index (κ1) is 14.8. The number of hydrogen-bond donors (Lipinski definition) is 2. The highest BCUT2D eigenvalue weighted by Gasteiger charge is 2.18. The number of carbonyl (C=O) groups is 1. The Morgan fingerprint density at radius 2 is 2.45 bits per heavy atom. The number of amides is 1. The molecule has 2 N–H and O–H groups in total. The normalized spacial score (nSPS) is 18.9. The number of nitrogens with zero attached hydrogens (tertiary/aromatic N) is 1. The van der Waals surface area contributed by atoms with Gasteiger partial charge in [-0.25, -0.2) is 4.98 Å². The summed E-state index contributed by atoms with van der Waals surface area (Å²) in [5.41, 5.74) is 0.366. The molecule has 1 aromatic rings. The van der Waals surface area contributed by atoms with Crippen LogP contribution in [0.2, 0.25) is 0 Å². The maximum atomic E-state index is 12.2. The molecule has 1 unspecified atom stereocenters. The van der Waals surface area contributed by atoms with Gasteiger partial charge in [-0.2, -0.15) is 0 Å². The SMILES string of the molecule is CC(C)Oc1cccnc1C(=O)NCC1CCCNC1.